The van der Waals surface area contributed by atoms with Crippen LogP contribution in [0.15, 0.2) is 70.3 Å². The van der Waals surface area contributed by atoms with Crippen LogP contribution in [0.5, 0.6) is 0 Å². The van der Waals surface area contributed by atoms with E-state index in [-0.39, 0.29) is 17.8 Å². The highest BCUT2D eigenvalue weighted by molar-refractivity contribution is 5.85. The van der Waals surface area contributed by atoms with E-state index in [1.807, 2.05) is 47.0 Å². The van der Waals surface area contributed by atoms with Crippen molar-refractivity contribution < 1.29 is 0 Å². The van der Waals surface area contributed by atoms with Gasteiger partial charge in [-0.15, -0.1) is 0 Å². The maximum Gasteiger partial charge on any atom is 0.332 e. The third kappa shape index (κ3) is 3.46. The summed E-state index contributed by atoms with van der Waals surface area (Å²) in [6.45, 7) is 8.03. The van der Waals surface area contributed by atoms with Gasteiger partial charge in [-0.05, 0) is 59.4 Å². The number of hydrogen-bond acceptors (Lipinski definition) is 4. The van der Waals surface area contributed by atoms with E-state index in [0.717, 1.165) is 28.6 Å². The van der Waals surface area contributed by atoms with Crippen molar-refractivity contribution in [3.8, 4) is 0 Å². The van der Waals surface area contributed by atoms with Gasteiger partial charge in [0, 0.05) is 25.8 Å². The summed E-state index contributed by atoms with van der Waals surface area (Å²) in [5.74, 6) is 1.02. The van der Waals surface area contributed by atoms with Crippen LogP contribution in [0.25, 0.3) is 21.9 Å². The quantitative estimate of drug-likeness (QED) is 0.382. The first-order valence-corrected chi connectivity index (χ1v) is 12.3. The van der Waals surface area contributed by atoms with Crippen LogP contribution in [-0.2, 0) is 20.1 Å². The highest BCUT2D eigenvalue weighted by Crippen LogP contribution is 2.33. The Labute approximate surface area is 208 Å². The van der Waals surface area contributed by atoms with Crippen molar-refractivity contribution in [2.24, 2.45) is 13.0 Å². The first kappa shape index (κ1) is 22.3. The van der Waals surface area contributed by atoms with Crippen molar-refractivity contribution in [3.63, 3.8) is 0 Å². The van der Waals surface area contributed by atoms with Crippen LogP contribution >= 0.6 is 0 Å². The standard InChI is InChI=1S/C29H29N5O2/c1-18-12-19(2)14-23(13-18)32-15-20(3)16-33-25-26(30-28(32)33)31(4)29(36)34(27(25)35)17-22-10-7-9-21-8-5-6-11-24(21)22/h5-14,20H,15-17H2,1-4H3/t20-/m0/s1. The molecule has 36 heavy (non-hydrogen) atoms. The Morgan fingerprint density at radius 1 is 0.944 bits per heavy atom. The maximum atomic E-state index is 13.9. The number of aromatic nitrogens is 4. The van der Waals surface area contributed by atoms with Gasteiger partial charge < -0.3 is 9.47 Å². The van der Waals surface area contributed by atoms with Gasteiger partial charge in [-0.2, -0.15) is 4.98 Å². The topological polar surface area (TPSA) is 65.1 Å². The van der Waals surface area contributed by atoms with Crippen LogP contribution in [0.2, 0.25) is 0 Å². The molecule has 1 aliphatic rings. The molecule has 3 heterocycles. The van der Waals surface area contributed by atoms with Crippen LogP contribution in [0, 0.1) is 19.8 Å². The molecule has 6 rings (SSSR count). The SMILES string of the molecule is Cc1cc(C)cc(N2C[C@H](C)Cn3c2nc2c3c(=O)n(Cc3cccc4ccccc34)c(=O)n2C)c1. The van der Waals surface area contributed by atoms with E-state index in [2.05, 4.69) is 43.9 Å². The average Bonchev–Trinajstić information content (AvgIpc) is 3.24. The summed E-state index contributed by atoms with van der Waals surface area (Å²) in [7, 11) is 1.70. The lowest BCUT2D eigenvalue weighted by atomic mass is 10.0. The number of rotatable bonds is 3. The molecule has 7 heteroatoms. The number of nitrogens with zero attached hydrogens (tertiary/aromatic N) is 5. The van der Waals surface area contributed by atoms with Gasteiger partial charge in [0.05, 0.1) is 6.54 Å². The van der Waals surface area contributed by atoms with E-state index in [1.165, 1.54) is 20.3 Å². The first-order chi connectivity index (χ1) is 17.3. The minimum Gasteiger partial charge on any atom is -0.312 e. The van der Waals surface area contributed by atoms with Crippen molar-refractivity contribution in [1.82, 2.24) is 18.7 Å². The number of benzene rings is 3. The Kier molecular flexibility index (Phi) is 5.10. The molecule has 0 aliphatic carbocycles. The summed E-state index contributed by atoms with van der Waals surface area (Å²) in [6.07, 6.45) is 0. The predicted octanol–water partition coefficient (Wildman–Crippen LogP) is 4.50. The summed E-state index contributed by atoms with van der Waals surface area (Å²) in [5, 5.41) is 2.12. The molecule has 0 spiro atoms. The molecule has 5 aromatic rings. The molecule has 182 valence electrons. The second kappa shape index (κ2) is 8.22. The monoisotopic (exact) mass is 479 g/mol. The van der Waals surface area contributed by atoms with E-state index in [4.69, 9.17) is 4.98 Å². The van der Waals surface area contributed by atoms with E-state index in [9.17, 15) is 9.59 Å². The largest absolute Gasteiger partial charge is 0.332 e. The van der Waals surface area contributed by atoms with Gasteiger partial charge in [0.15, 0.2) is 11.2 Å². The molecule has 0 unspecified atom stereocenters. The smallest absolute Gasteiger partial charge is 0.312 e. The maximum absolute atomic E-state index is 13.9. The lowest BCUT2D eigenvalue weighted by molar-refractivity contribution is 0.458. The fourth-order valence-electron chi connectivity index (χ4n) is 5.57. The molecule has 1 atom stereocenters. The van der Waals surface area contributed by atoms with E-state index in [1.54, 1.807) is 7.05 Å². The second-order valence-electron chi connectivity index (χ2n) is 10.1. The van der Waals surface area contributed by atoms with Gasteiger partial charge in [0.1, 0.15) is 0 Å². The molecule has 0 N–H and O–H groups in total. The molecule has 3 aromatic carbocycles. The van der Waals surface area contributed by atoms with Gasteiger partial charge in [-0.3, -0.25) is 13.9 Å². The molecule has 0 saturated carbocycles. The zero-order valence-electron chi connectivity index (χ0n) is 21.0. The molecule has 0 amide bonds. The Balaban J connectivity index is 1.56. The lowest BCUT2D eigenvalue weighted by Crippen LogP contribution is -2.40. The van der Waals surface area contributed by atoms with Crippen LogP contribution in [0.4, 0.5) is 11.6 Å². The minimum atomic E-state index is -0.359. The third-order valence-corrected chi connectivity index (χ3v) is 7.17. The molecule has 0 bridgehead atoms. The zero-order valence-corrected chi connectivity index (χ0v) is 21.0. The fourth-order valence-corrected chi connectivity index (χ4v) is 5.57. The number of fused-ring (bicyclic) bond motifs is 4. The van der Waals surface area contributed by atoms with Gasteiger partial charge in [-0.1, -0.05) is 55.5 Å². The van der Waals surface area contributed by atoms with Crippen molar-refractivity contribution in [2.75, 3.05) is 11.4 Å². The van der Waals surface area contributed by atoms with Crippen LogP contribution in [-0.4, -0.2) is 25.2 Å². The number of aryl methyl sites for hydroxylation is 3. The third-order valence-electron chi connectivity index (χ3n) is 7.17. The molecule has 0 saturated heterocycles. The predicted molar refractivity (Wildman–Crippen MR) is 144 cm³/mol. The Bertz CT molecular complexity index is 1750. The van der Waals surface area contributed by atoms with E-state index in [0.29, 0.717) is 29.6 Å². The van der Waals surface area contributed by atoms with Crippen LogP contribution in [0.1, 0.15) is 23.6 Å². The Morgan fingerprint density at radius 3 is 2.44 bits per heavy atom. The number of hydrogen-bond donors (Lipinski definition) is 0. The van der Waals surface area contributed by atoms with Gasteiger partial charge in [0.2, 0.25) is 5.95 Å². The number of imidazole rings is 1. The van der Waals surface area contributed by atoms with E-state index < -0.39 is 0 Å². The van der Waals surface area contributed by atoms with Gasteiger partial charge in [-0.25, -0.2) is 4.79 Å². The Hall–Kier alpha value is -4.13. The van der Waals surface area contributed by atoms with Crippen LogP contribution < -0.4 is 16.1 Å². The van der Waals surface area contributed by atoms with Crippen LogP contribution in [0.3, 0.4) is 0 Å². The summed E-state index contributed by atoms with van der Waals surface area (Å²) in [4.78, 5) is 34.4. The van der Waals surface area contributed by atoms with E-state index >= 15 is 0 Å². The molecule has 0 fully saturated rings. The zero-order chi connectivity index (χ0) is 25.1. The molecular weight excluding hydrogens is 450 g/mol. The van der Waals surface area contributed by atoms with Crippen molar-refractivity contribution in [1.29, 1.82) is 0 Å². The molecule has 2 aromatic heterocycles. The van der Waals surface area contributed by atoms with Crippen molar-refractivity contribution in [2.45, 2.75) is 33.9 Å². The fraction of sp³-hybridized carbons (Fsp3) is 0.276. The average molecular weight is 480 g/mol. The van der Waals surface area contributed by atoms with Gasteiger partial charge in [0.25, 0.3) is 5.56 Å². The van der Waals surface area contributed by atoms with Crippen molar-refractivity contribution >= 4 is 33.6 Å². The summed E-state index contributed by atoms with van der Waals surface area (Å²) < 4.78 is 4.86. The highest BCUT2D eigenvalue weighted by Gasteiger charge is 2.30. The normalized spacial score (nSPS) is 15.6. The first-order valence-electron chi connectivity index (χ1n) is 12.3. The summed E-state index contributed by atoms with van der Waals surface area (Å²) >= 11 is 0. The summed E-state index contributed by atoms with van der Waals surface area (Å²) in [6, 6.07) is 20.5. The van der Waals surface area contributed by atoms with Gasteiger partial charge >= 0.3 is 5.69 Å². The Morgan fingerprint density at radius 2 is 1.67 bits per heavy atom. The highest BCUT2D eigenvalue weighted by atomic mass is 16.2. The second-order valence-corrected chi connectivity index (χ2v) is 10.1. The molecule has 0 radical (unpaired) electrons. The minimum absolute atomic E-state index is 0.208. The summed E-state index contributed by atoms with van der Waals surface area (Å²) in [5.41, 5.74) is 4.60. The number of anilines is 2. The molecule has 7 nitrogen and oxygen atoms in total. The lowest BCUT2D eigenvalue weighted by Gasteiger charge is -2.33. The van der Waals surface area contributed by atoms with Crippen molar-refractivity contribution in [3.05, 3.63) is 98.2 Å². The molecular formula is C29H29N5O2. The molecule has 1 aliphatic heterocycles.